The van der Waals surface area contributed by atoms with Gasteiger partial charge in [-0.05, 0) is 39.0 Å². The molecule has 0 atom stereocenters. The molecule has 1 aliphatic heterocycles. The molecule has 3 heterocycles. The predicted molar refractivity (Wildman–Crippen MR) is 127 cm³/mol. The van der Waals surface area contributed by atoms with Crippen LogP contribution in [0.1, 0.15) is 36.4 Å². The smallest absolute Gasteiger partial charge is 0.233 e. The minimum absolute atomic E-state index is 0.00219. The molecule has 0 aliphatic carbocycles. The zero-order valence-electron chi connectivity index (χ0n) is 19.2. The molecule has 4 rings (SSSR count). The number of nitrogens with zero attached hydrogens (tertiary/aromatic N) is 6. The van der Waals surface area contributed by atoms with Crippen molar-refractivity contribution in [3.05, 3.63) is 40.7 Å². The van der Waals surface area contributed by atoms with Crippen molar-refractivity contribution in [2.24, 2.45) is 0 Å². The lowest BCUT2D eigenvalue weighted by Crippen LogP contribution is -2.36. The van der Waals surface area contributed by atoms with Crippen LogP contribution in [0.5, 0.6) is 5.75 Å². The minimum Gasteiger partial charge on any atom is -0.490 e. The van der Waals surface area contributed by atoms with Gasteiger partial charge in [-0.3, -0.25) is 4.90 Å². The fourth-order valence-corrected chi connectivity index (χ4v) is 4.75. The standard InChI is InChI=1S/C23H29N7O2S/c1-15(2)32-21-5-4-17(12-18(21)13-24)22-26-27-23(33-22)30-16(3)19-14-29(9-6-20(19)28-30)10-7-25-8-11-31/h4-5,12,15,25,31H,6-11,14H2,1-3H3. The first kappa shape index (κ1) is 23.3. The molecule has 174 valence electrons. The quantitative estimate of drug-likeness (QED) is 0.461. The van der Waals surface area contributed by atoms with Gasteiger partial charge in [-0.1, -0.05) is 11.3 Å². The summed E-state index contributed by atoms with van der Waals surface area (Å²) in [5.41, 5.74) is 4.77. The lowest BCUT2D eigenvalue weighted by atomic mass is 10.1. The summed E-state index contributed by atoms with van der Waals surface area (Å²) in [4.78, 5) is 2.40. The van der Waals surface area contributed by atoms with Crippen LogP contribution in [-0.4, -0.2) is 68.9 Å². The van der Waals surface area contributed by atoms with E-state index < -0.39 is 0 Å². The predicted octanol–water partition coefficient (Wildman–Crippen LogP) is 2.30. The molecule has 2 aromatic heterocycles. The summed E-state index contributed by atoms with van der Waals surface area (Å²) in [5, 5.41) is 36.7. The molecule has 3 aromatic rings. The zero-order chi connectivity index (χ0) is 23.4. The topological polar surface area (TPSA) is 112 Å². The van der Waals surface area contributed by atoms with E-state index in [0.29, 0.717) is 23.0 Å². The SMILES string of the molecule is Cc1c2c(nn1-c1nnc(-c3ccc(OC(C)C)c(C#N)c3)s1)CCN(CCNCCO)C2. The van der Waals surface area contributed by atoms with E-state index in [0.717, 1.165) is 54.6 Å². The number of benzene rings is 1. The first-order valence-corrected chi connectivity index (χ1v) is 12.0. The van der Waals surface area contributed by atoms with E-state index in [-0.39, 0.29) is 12.7 Å². The van der Waals surface area contributed by atoms with E-state index in [1.165, 1.54) is 16.9 Å². The highest BCUT2D eigenvalue weighted by Crippen LogP contribution is 2.31. The average molecular weight is 468 g/mol. The summed E-state index contributed by atoms with van der Waals surface area (Å²) in [7, 11) is 0. The molecule has 0 radical (unpaired) electrons. The molecule has 0 unspecified atom stereocenters. The van der Waals surface area contributed by atoms with Gasteiger partial charge in [0.15, 0.2) is 0 Å². The minimum atomic E-state index is -0.00219. The zero-order valence-corrected chi connectivity index (χ0v) is 20.0. The third kappa shape index (κ3) is 5.23. The highest BCUT2D eigenvalue weighted by atomic mass is 32.1. The Morgan fingerprint density at radius 2 is 2.15 bits per heavy atom. The second kappa shape index (κ2) is 10.4. The van der Waals surface area contributed by atoms with Crippen LogP contribution >= 0.6 is 11.3 Å². The van der Waals surface area contributed by atoms with E-state index in [4.69, 9.17) is 14.9 Å². The van der Waals surface area contributed by atoms with Crippen LogP contribution in [0, 0.1) is 18.3 Å². The fourth-order valence-electron chi connectivity index (χ4n) is 3.91. The molecular formula is C23H29N7O2S. The van der Waals surface area contributed by atoms with Crippen LogP contribution in [0.4, 0.5) is 0 Å². The Labute approximate surface area is 197 Å². The Morgan fingerprint density at radius 1 is 1.30 bits per heavy atom. The molecule has 33 heavy (non-hydrogen) atoms. The molecule has 10 heteroatoms. The Balaban J connectivity index is 1.52. The van der Waals surface area contributed by atoms with E-state index >= 15 is 0 Å². The summed E-state index contributed by atoms with van der Waals surface area (Å²) >= 11 is 1.46. The summed E-state index contributed by atoms with van der Waals surface area (Å²) in [6, 6.07) is 7.73. The van der Waals surface area contributed by atoms with Gasteiger partial charge in [0, 0.05) is 56.0 Å². The molecule has 9 nitrogen and oxygen atoms in total. The molecule has 0 spiro atoms. The Hall–Kier alpha value is -2.84. The van der Waals surface area contributed by atoms with Crippen molar-refractivity contribution >= 4 is 11.3 Å². The summed E-state index contributed by atoms with van der Waals surface area (Å²) in [5.74, 6) is 0.577. The van der Waals surface area contributed by atoms with Crippen LogP contribution in [-0.2, 0) is 13.0 Å². The number of fused-ring (bicyclic) bond motifs is 1. The average Bonchev–Trinajstić information content (AvgIpc) is 3.42. The monoisotopic (exact) mass is 467 g/mol. The molecule has 0 fully saturated rings. The van der Waals surface area contributed by atoms with Crippen molar-refractivity contribution in [1.82, 2.24) is 30.2 Å². The summed E-state index contributed by atoms with van der Waals surface area (Å²) < 4.78 is 7.61. The first-order valence-electron chi connectivity index (χ1n) is 11.2. The second-order valence-corrected chi connectivity index (χ2v) is 9.26. The Kier molecular flexibility index (Phi) is 7.35. The molecular weight excluding hydrogens is 438 g/mol. The number of aliphatic hydroxyl groups is 1. The number of nitriles is 1. The largest absolute Gasteiger partial charge is 0.490 e. The number of aromatic nitrogens is 4. The maximum atomic E-state index is 9.52. The number of hydrogen-bond donors (Lipinski definition) is 2. The van der Waals surface area contributed by atoms with Gasteiger partial charge in [-0.25, -0.2) is 4.68 Å². The van der Waals surface area contributed by atoms with Crippen LogP contribution in [0.2, 0.25) is 0 Å². The van der Waals surface area contributed by atoms with Crippen molar-refractivity contribution in [3.8, 4) is 27.5 Å². The summed E-state index contributed by atoms with van der Waals surface area (Å²) in [6.07, 6.45) is 0.898. The molecule has 0 saturated carbocycles. The third-order valence-corrected chi connectivity index (χ3v) is 6.52. The van der Waals surface area contributed by atoms with E-state index in [1.54, 1.807) is 6.07 Å². The highest BCUT2D eigenvalue weighted by Gasteiger charge is 2.24. The van der Waals surface area contributed by atoms with Crippen molar-refractivity contribution in [2.75, 3.05) is 32.8 Å². The van der Waals surface area contributed by atoms with Crippen LogP contribution in [0.3, 0.4) is 0 Å². The normalized spacial score (nSPS) is 13.8. The lowest BCUT2D eigenvalue weighted by molar-refractivity contribution is 0.242. The number of ether oxygens (including phenoxy) is 1. The maximum absolute atomic E-state index is 9.52. The van der Waals surface area contributed by atoms with Gasteiger partial charge in [0.1, 0.15) is 16.8 Å². The van der Waals surface area contributed by atoms with Crippen LogP contribution in [0.25, 0.3) is 15.7 Å². The lowest BCUT2D eigenvalue weighted by Gasteiger charge is -2.26. The van der Waals surface area contributed by atoms with Crippen molar-refractivity contribution in [1.29, 1.82) is 5.26 Å². The molecule has 0 bridgehead atoms. The van der Waals surface area contributed by atoms with Crippen LogP contribution in [0.15, 0.2) is 18.2 Å². The number of hydrogen-bond acceptors (Lipinski definition) is 9. The van der Waals surface area contributed by atoms with Gasteiger partial charge in [-0.15, -0.1) is 10.2 Å². The fraction of sp³-hybridized carbons (Fsp3) is 0.478. The van der Waals surface area contributed by atoms with Crippen molar-refractivity contribution < 1.29 is 9.84 Å². The second-order valence-electron chi connectivity index (χ2n) is 8.30. The number of aliphatic hydroxyl groups excluding tert-OH is 1. The Bertz CT molecular complexity index is 1150. The highest BCUT2D eigenvalue weighted by molar-refractivity contribution is 7.17. The van der Waals surface area contributed by atoms with Gasteiger partial charge < -0.3 is 15.2 Å². The molecule has 1 aromatic carbocycles. The molecule has 0 amide bonds. The van der Waals surface area contributed by atoms with E-state index in [9.17, 15) is 5.26 Å². The van der Waals surface area contributed by atoms with Crippen molar-refractivity contribution in [3.63, 3.8) is 0 Å². The summed E-state index contributed by atoms with van der Waals surface area (Å²) in [6.45, 7) is 10.3. The van der Waals surface area contributed by atoms with Gasteiger partial charge >= 0.3 is 0 Å². The third-order valence-electron chi connectivity index (χ3n) is 5.57. The van der Waals surface area contributed by atoms with Gasteiger partial charge in [0.2, 0.25) is 5.13 Å². The number of nitrogens with one attached hydrogen (secondary N) is 1. The van der Waals surface area contributed by atoms with Gasteiger partial charge in [0.25, 0.3) is 0 Å². The maximum Gasteiger partial charge on any atom is 0.233 e. The molecule has 0 saturated heterocycles. The molecule has 2 N–H and O–H groups in total. The molecule has 1 aliphatic rings. The first-order chi connectivity index (χ1) is 16.0. The van der Waals surface area contributed by atoms with E-state index in [1.807, 2.05) is 30.7 Å². The van der Waals surface area contributed by atoms with Gasteiger partial charge in [0.05, 0.1) is 24.0 Å². The van der Waals surface area contributed by atoms with E-state index in [2.05, 4.69) is 33.4 Å². The van der Waals surface area contributed by atoms with Gasteiger partial charge in [-0.2, -0.15) is 10.4 Å². The van der Waals surface area contributed by atoms with Crippen LogP contribution < -0.4 is 10.1 Å². The number of rotatable bonds is 9. The van der Waals surface area contributed by atoms with Crippen molar-refractivity contribution in [2.45, 2.75) is 39.8 Å². The Morgan fingerprint density at radius 3 is 2.91 bits per heavy atom.